The second kappa shape index (κ2) is 8.72. The molecule has 20 heavy (non-hydrogen) atoms. The maximum Gasteiger partial charge on any atom is 0.129 e. The molecule has 2 rings (SSSR count). The molecule has 1 aliphatic carbocycles. The zero-order chi connectivity index (χ0) is 14.2. The van der Waals surface area contributed by atoms with Crippen molar-refractivity contribution in [3.05, 3.63) is 24.2 Å². The van der Waals surface area contributed by atoms with Gasteiger partial charge in [0.25, 0.3) is 0 Å². The number of furan rings is 1. The lowest BCUT2D eigenvalue weighted by Gasteiger charge is -2.31. The molecule has 1 heterocycles. The standard InChI is InChI=1S/C15H25NO3S/c1-20-15-7-3-2-6-14(15)16-9-12(17)10-18-11-13-5-4-8-19-13/h4-5,8,12,14-17H,2-3,6-7,9-11H2,1H3. The zero-order valence-corrected chi connectivity index (χ0v) is 12.9. The van der Waals surface area contributed by atoms with E-state index in [4.69, 9.17) is 9.15 Å². The van der Waals surface area contributed by atoms with Crippen LogP contribution in [0.25, 0.3) is 0 Å². The lowest BCUT2D eigenvalue weighted by molar-refractivity contribution is 0.0211. The highest BCUT2D eigenvalue weighted by molar-refractivity contribution is 7.99. The van der Waals surface area contributed by atoms with Gasteiger partial charge in [-0.2, -0.15) is 11.8 Å². The van der Waals surface area contributed by atoms with Crippen molar-refractivity contribution in [3.63, 3.8) is 0 Å². The summed E-state index contributed by atoms with van der Waals surface area (Å²) in [6.07, 6.45) is 8.46. The first kappa shape index (κ1) is 15.9. The Morgan fingerprint density at radius 3 is 3.10 bits per heavy atom. The van der Waals surface area contributed by atoms with E-state index in [1.165, 1.54) is 25.7 Å². The number of aliphatic hydroxyl groups excluding tert-OH is 1. The third-order valence-corrected chi connectivity index (χ3v) is 4.93. The van der Waals surface area contributed by atoms with Crippen LogP contribution in [0.15, 0.2) is 22.8 Å². The largest absolute Gasteiger partial charge is 0.467 e. The van der Waals surface area contributed by atoms with Gasteiger partial charge in [-0.25, -0.2) is 0 Å². The smallest absolute Gasteiger partial charge is 0.129 e. The van der Waals surface area contributed by atoms with Crippen LogP contribution in [0.2, 0.25) is 0 Å². The van der Waals surface area contributed by atoms with Crippen molar-refractivity contribution >= 4 is 11.8 Å². The monoisotopic (exact) mass is 299 g/mol. The highest BCUT2D eigenvalue weighted by Crippen LogP contribution is 2.27. The third-order valence-electron chi connectivity index (χ3n) is 3.76. The van der Waals surface area contributed by atoms with E-state index in [-0.39, 0.29) is 0 Å². The van der Waals surface area contributed by atoms with E-state index in [0.29, 0.717) is 31.1 Å². The molecule has 1 aliphatic rings. The molecule has 0 aliphatic heterocycles. The number of aliphatic hydroxyl groups is 1. The Morgan fingerprint density at radius 2 is 2.35 bits per heavy atom. The average Bonchev–Trinajstić information content (AvgIpc) is 2.98. The number of nitrogens with one attached hydrogen (secondary N) is 1. The predicted molar refractivity (Wildman–Crippen MR) is 81.9 cm³/mol. The molecule has 4 nitrogen and oxygen atoms in total. The van der Waals surface area contributed by atoms with Crippen LogP contribution in [-0.4, -0.2) is 41.9 Å². The van der Waals surface area contributed by atoms with E-state index >= 15 is 0 Å². The molecule has 2 N–H and O–H groups in total. The fraction of sp³-hybridized carbons (Fsp3) is 0.733. The fourth-order valence-corrected chi connectivity index (χ4v) is 3.61. The lowest BCUT2D eigenvalue weighted by Crippen LogP contribution is -2.44. The molecular weight excluding hydrogens is 274 g/mol. The zero-order valence-electron chi connectivity index (χ0n) is 12.1. The van der Waals surface area contributed by atoms with Crippen molar-refractivity contribution in [2.45, 2.75) is 49.7 Å². The topological polar surface area (TPSA) is 54.6 Å². The Labute approximate surface area is 125 Å². The highest BCUT2D eigenvalue weighted by atomic mass is 32.2. The summed E-state index contributed by atoms with van der Waals surface area (Å²) in [7, 11) is 0. The molecule has 114 valence electrons. The van der Waals surface area contributed by atoms with Crippen molar-refractivity contribution in [1.82, 2.24) is 5.32 Å². The Bertz CT molecular complexity index is 358. The molecule has 0 spiro atoms. The first-order valence-electron chi connectivity index (χ1n) is 7.34. The molecule has 3 unspecified atom stereocenters. The molecule has 0 radical (unpaired) electrons. The van der Waals surface area contributed by atoms with E-state index in [9.17, 15) is 5.11 Å². The Hall–Kier alpha value is -0.490. The molecule has 5 heteroatoms. The van der Waals surface area contributed by atoms with E-state index in [2.05, 4.69) is 11.6 Å². The number of ether oxygens (including phenoxy) is 1. The third kappa shape index (κ3) is 5.13. The summed E-state index contributed by atoms with van der Waals surface area (Å²) in [6, 6.07) is 4.23. The van der Waals surface area contributed by atoms with Crippen molar-refractivity contribution in [1.29, 1.82) is 0 Å². The van der Waals surface area contributed by atoms with Gasteiger partial charge in [-0.1, -0.05) is 12.8 Å². The number of rotatable bonds is 8. The van der Waals surface area contributed by atoms with Gasteiger partial charge in [-0.05, 0) is 31.2 Å². The van der Waals surface area contributed by atoms with Crippen LogP contribution < -0.4 is 5.32 Å². The Kier molecular flexibility index (Phi) is 6.93. The Morgan fingerprint density at radius 1 is 1.50 bits per heavy atom. The second-order valence-corrected chi connectivity index (χ2v) is 6.40. The van der Waals surface area contributed by atoms with Gasteiger partial charge in [-0.3, -0.25) is 0 Å². The molecule has 0 aromatic carbocycles. The van der Waals surface area contributed by atoms with E-state index in [1.54, 1.807) is 6.26 Å². The molecule has 1 saturated carbocycles. The van der Waals surface area contributed by atoms with Gasteiger partial charge >= 0.3 is 0 Å². The van der Waals surface area contributed by atoms with Crippen LogP contribution in [0.5, 0.6) is 0 Å². The summed E-state index contributed by atoms with van der Waals surface area (Å²) in [5.41, 5.74) is 0. The summed E-state index contributed by atoms with van der Waals surface area (Å²) in [5.74, 6) is 0.792. The van der Waals surface area contributed by atoms with E-state index < -0.39 is 6.10 Å². The van der Waals surface area contributed by atoms with E-state index in [0.717, 1.165) is 5.76 Å². The summed E-state index contributed by atoms with van der Waals surface area (Å²) in [6.45, 7) is 1.35. The van der Waals surface area contributed by atoms with Gasteiger partial charge in [0.2, 0.25) is 0 Å². The minimum absolute atomic E-state index is 0.338. The van der Waals surface area contributed by atoms with Gasteiger partial charge < -0.3 is 19.6 Å². The molecule has 0 bridgehead atoms. The molecule has 1 fully saturated rings. The quantitative estimate of drug-likeness (QED) is 0.772. The van der Waals surface area contributed by atoms with Gasteiger partial charge in [0.1, 0.15) is 12.4 Å². The van der Waals surface area contributed by atoms with E-state index in [1.807, 2.05) is 23.9 Å². The molecule has 0 saturated heterocycles. The van der Waals surface area contributed by atoms with Crippen LogP contribution in [0.4, 0.5) is 0 Å². The maximum absolute atomic E-state index is 9.94. The minimum Gasteiger partial charge on any atom is -0.467 e. The van der Waals surface area contributed by atoms with Crippen molar-refractivity contribution in [2.75, 3.05) is 19.4 Å². The average molecular weight is 299 g/mol. The van der Waals surface area contributed by atoms with Gasteiger partial charge in [-0.15, -0.1) is 0 Å². The minimum atomic E-state index is -0.464. The summed E-state index contributed by atoms with van der Waals surface area (Å²) < 4.78 is 10.6. The van der Waals surface area contributed by atoms with Crippen LogP contribution in [0.3, 0.4) is 0 Å². The highest BCUT2D eigenvalue weighted by Gasteiger charge is 2.24. The molecule has 1 aromatic heterocycles. The van der Waals surface area contributed by atoms with Crippen molar-refractivity contribution in [3.8, 4) is 0 Å². The maximum atomic E-state index is 9.94. The molecule has 3 atom stereocenters. The fourth-order valence-electron chi connectivity index (χ4n) is 2.65. The molecular formula is C15H25NO3S. The van der Waals surface area contributed by atoms with Crippen LogP contribution in [0, 0.1) is 0 Å². The first-order valence-corrected chi connectivity index (χ1v) is 8.62. The van der Waals surface area contributed by atoms with Crippen molar-refractivity contribution in [2.24, 2.45) is 0 Å². The lowest BCUT2D eigenvalue weighted by atomic mass is 9.95. The number of thioether (sulfide) groups is 1. The SMILES string of the molecule is CSC1CCCCC1NCC(O)COCc1ccco1. The van der Waals surface area contributed by atoms with Crippen LogP contribution in [0.1, 0.15) is 31.4 Å². The Balaban J connectivity index is 1.60. The number of hydrogen-bond donors (Lipinski definition) is 2. The summed E-state index contributed by atoms with van der Waals surface area (Å²) in [4.78, 5) is 0. The number of hydrogen-bond acceptors (Lipinski definition) is 5. The van der Waals surface area contributed by atoms with Crippen LogP contribution in [-0.2, 0) is 11.3 Å². The van der Waals surface area contributed by atoms with Crippen molar-refractivity contribution < 1.29 is 14.3 Å². The van der Waals surface area contributed by atoms with Crippen LogP contribution >= 0.6 is 11.8 Å². The molecule has 0 amide bonds. The summed E-state index contributed by atoms with van der Waals surface area (Å²) in [5, 5.41) is 14.1. The second-order valence-electron chi connectivity index (χ2n) is 5.32. The van der Waals surface area contributed by atoms with Gasteiger partial charge in [0.15, 0.2) is 0 Å². The first-order chi connectivity index (χ1) is 9.79. The molecule has 1 aromatic rings. The predicted octanol–water partition coefficient (Wildman–Crippen LogP) is 2.42. The summed E-state index contributed by atoms with van der Waals surface area (Å²) >= 11 is 1.93. The van der Waals surface area contributed by atoms with Gasteiger partial charge in [0, 0.05) is 17.8 Å². The van der Waals surface area contributed by atoms with Gasteiger partial charge in [0.05, 0.1) is 19.0 Å². The normalized spacial score (nSPS) is 24.7.